The second-order valence-corrected chi connectivity index (χ2v) is 17.5. The number of methoxy groups -OCH3 is 2. The maximum absolute atomic E-state index is 13.2. The van der Waals surface area contributed by atoms with Crippen LogP contribution in [0.5, 0.6) is 0 Å². The largest absolute Gasteiger partial charge is 0.443 e. The average molecular weight is 731 g/mol. The molecular formula is C40H62N2O10. The van der Waals surface area contributed by atoms with Crippen molar-refractivity contribution < 1.29 is 47.5 Å². The van der Waals surface area contributed by atoms with Crippen molar-refractivity contribution in [3.63, 3.8) is 0 Å². The molecule has 0 radical (unpaired) electrons. The fourth-order valence-corrected chi connectivity index (χ4v) is 10.2. The zero-order chi connectivity index (χ0) is 37.1. The Morgan fingerprint density at radius 2 is 1.02 bits per heavy atom. The molecule has 0 aromatic heterocycles. The first-order valence-corrected chi connectivity index (χ1v) is 19.7. The fourth-order valence-electron chi connectivity index (χ4n) is 10.2. The Labute approximate surface area is 309 Å². The molecule has 7 aliphatic rings. The van der Waals surface area contributed by atoms with E-state index < -0.39 is 24.4 Å². The lowest BCUT2D eigenvalue weighted by atomic mass is 9.68. The minimum atomic E-state index is -0.427. The van der Waals surface area contributed by atoms with Gasteiger partial charge in [0.15, 0.2) is 0 Å². The molecule has 12 atom stereocenters. The maximum atomic E-state index is 13.2. The van der Waals surface area contributed by atoms with Gasteiger partial charge in [0, 0.05) is 26.3 Å². The summed E-state index contributed by atoms with van der Waals surface area (Å²) < 4.78 is 48.9. The van der Waals surface area contributed by atoms with Crippen LogP contribution in [-0.2, 0) is 37.9 Å². The molecule has 0 aromatic carbocycles. The Hall–Kier alpha value is -2.22. The van der Waals surface area contributed by atoms with E-state index in [2.05, 4.69) is 64.3 Å². The van der Waals surface area contributed by atoms with Gasteiger partial charge in [-0.1, -0.05) is 23.3 Å². The van der Waals surface area contributed by atoms with Crippen molar-refractivity contribution in [2.75, 3.05) is 27.4 Å². The quantitative estimate of drug-likeness (QED) is 0.184. The maximum Gasteiger partial charge on any atom is 0.407 e. The lowest BCUT2D eigenvalue weighted by Crippen LogP contribution is -2.56. The summed E-state index contributed by atoms with van der Waals surface area (Å²) in [5.41, 5.74) is 1.22. The van der Waals surface area contributed by atoms with Crippen molar-refractivity contribution >= 4 is 12.2 Å². The van der Waals surface area contributed by atoms with Crippen LogP contribution in [0.4, 0.5) is 9.59 Å². The lowest BCUT2D eigenvalue weighted by Gasteiger charge is -2.43. The Bertz CT molecular complexity index is 1290. The fraction of sp³-hybridized carbons (Fsp3) is 0.850. The molecule has 7 rings (SSSR count). The van der Waals surface area contributed by atoms with Gasteiger partial charge in [0.25, 0.3) is 0 Å². The number of hydrogen-bond acceptors (Lipinski definition) is 10. The van der Waals surface area contributed by atoms with Gasteiger partial charge >= 0.3 is 12.2 Å². The Kier molecular flexibility index (Phi) is 10.6. The van der Waals surface area contributed by atoms with E-state index in [4.69, 9.17) is 37.9 Å². The number of rotatable bonds is 12. The zero-order valence-corrected chi connectivity index (χ0v) is 32.5. The third-order valence-electron chi connectivity index (χ3n) is 13.4. The molecular weight excluding hydrogens is 668 g/mol. The summed E-state index contributed by atoms with van der Waals surface area (Å²) in [6, 6.07) is -0.0776. The summed E-state index contributed by atoms with van der Waals surface area (Å²) in [7, 11) is 3.38. The summed E-state index contributed by atoms with van der Waals surface area (Å²) in [5.74, 6) is -0.0467. The third kappa shape index (κ3) is 7.54. The topological polar surface area (TPSA) is 145 Å². The molecule has 3 aliphatic carbocycles. The number of allylic oxidation sites excluding steroid dienone is 2. The van der Waals surface area contributed by atoms with Gasteiger partial charge in [-0.2, -0.15) is 0 Å². The molecule has 4 saturated heterocycles. The molecule has 2 spiro atoms. The Morgan fingerprint density at radius 3 is 1.33 bits per heavy atom. The first kappa shape index (κ1) is 38.1. The van der Waals surface area contributed by atoms with Crippen molar-refractivity contribution in [2.45, 2.75) is 177 Å². The van der Waals surface area contributed by atoms with Crippen LogP contribution >= 0.6 is 0 Å². The van der Waals surface area contributed by atoms with E-state index in [0.717, 1.165) is 51.4 Å². The van der Waals surface area contributed by atoms with Gasteiger partial charge < -0.3 is 48.5 Å². The van der Waals surface area contributed by atoms with Gasteiger partial charge in [-0.3, -0.25) is 0 Å². The molecule has 2 amide bonds. The van der Waals surface area contributed by atoms with Crippen LogP contribution in [0.25, 0.3) is 0 Å². The molecule has 4 aliphatic heterocycles. The SMILES string of the molecule is CO[C@@H]1[C@H](OC(=O)N[C@H]2CC[C@H](NC(=O)O[C@@H]3CC[C@]4(CO4)[C@@H]([C@@]4(C)O[C@@H]4CC=C(C)C)[C@@H]3OC)CC2)CC[C@]2(CO2)[C@H]1[C@@]1(C)O[C@@H]1CC=C(C)C. The van der Waals surface area contributed by atoms with Crippen molar-refractivity contribution in [2.24, 2.45) is 11.8 Å². The number of nitrogens with one attached hydrogen (secondary N) is 2. The van der Waals surface area contributed by atoms with Crippen molar-refractivity contribution in [3.8, 4) is 0 Å². The lowest BCUT2D eigenvalue weighted by molar-refractivity contribution is -0.118. The highest BCUT2D eigenvalue weighted by atomic mass is 16.6. The minimum Gasteiger partial charge on any atom is -0.443 e. The molecule has 7 fully saturated rings. The smallest absolute Gasteiger partial charge is 0.407 e. The molecule has 0 unspecified atom stereocenters. The van der Waals surface area contributed by atoms with E-state index in [-0.39, 0.29) is 70.7 Å². The van der Waals surface area contributed by atoms with Crippen LogP contribution in [-0.4, -0.2) is 111 Å². The zero-order valence-electron chi connectivity index (χ0n) is 32.5. The molecule has 2 N–H and O–H groups in total. The van der Waals surface area contributed by atoms with Crippen LogP contribution in [0.2, 0.25) is 0 Å². The van der Waals surface area contributed by atoms with Crippen LogP contribution < -0.4 is 10.6 Å². The van der Waals surface area contributed by atoms with Gasteiger partial charge in [0.1, 0.15) is 46.8 Å². The monoisotopic (exact) mass is 730 g/mol. The minimum absolute atomic E-state index is 0.0233. The Balaban J connectivity index is 0.871. The first-order chi connectivity index (χ1) is 24.8. The molecule has 4 heterocycles. The van der Waals surface area contributed by atoms with E-state index >= 15 is 0 Å². The molecule has 52 heavy (non-hydrogen) atoms. The standard InChI is InChI=1S/C40H62N2O10/c1-23(2)9-15-29-37(5,51-29)33-31(45-7)27(17-19-39(33)21-47-39)49-35(43)41-25-11-13-26(14-12-25)42-36(44)50-28-18-20-40(22-48-40)34(32(28)46-8)38(6)30(52-38)16-10-24(3)4/h9-10,25-34H,11-22H2,1-8H3,(H,41,43)(H,42,44)/t25-,26-,27-,28-,29-,30-,31-,32-,33-,34-,37+,38+,39+,40+/m1/s1. The van der Waals surface area contributed by atoms with Crippen molar-refractivity contribution in [1.29, 1.82) is 0 Å². The first-order valence-electron chi connectivity index (χ1n) is 19.7. The third-order valence-corrected chi connectivity index (χ3v) is 13.4. The van der Waals surface area contributed by atoms with E-state index in [9.17, 15) is 9.59 Å². The number of hydrogen-bond donors (Lipinski definition) is 2. The van der Waals surface area contributed by atoms with E-state index in [1.54, 1.807) is 14.2 Å². The van der Waals surface area contributed by atoms with E-state index in [1.807, 2.05) is 0 Å². The summed E-state index contributed by atoms with van der Waals surface area (Å²) in [6.45, 7) is 14.0. The highest BCUT2D eigenvalue weighted by Gasteiger charge is 2.73. The van der Waals surface area contributed by atoms with Crippen LogP contribution in [0.1, 0.15) is 106 Å². The normalized spacial score (nSPS) is 45.8. The average Bonchev–Trinajstić information content (AvgIpc) is 3.97. The van der Waals surface area contributed by atoms with Gasteiger partial charge in [-0.15, -0.1) is 0 Å². The van der Waals surface area contributed by atoms with Crippen molar-refractivity contribution in [3.05, 3.63) is 23.3 Å². The summed E-state index contributed by atoms with van der Waals surface area (Å²) in [4.78, 5) is 26.5. The van der Waals surface area contributed by atoms with E-state index in [0.29, 0.717) is 26.1 Å². The highest BCUT2D eigenvalue weighted by Crippen LogP contribution is 2.61. The number of carbonyl (C=O) groups excluding carboxylic acids is 2. The van der Waals surface area contributed by atoms with Crippen molar-refractivity contribution in [1.82, 2.24) is 10.6 Å². The number of epoxide rings is 4. The summed E-state index contributed by atoms with van der Waals surface area (Å²) >= 11 is 0. The molecule has 12 nitrogen and oxygen atoms in total. The van der Waals surface area contributed by atoms with Gasteiger partial charge in [-0.05, 0) is 106 Å². The molecule has 3 saturated carbocycles. The second-order valence-electron chi connectivity index (χ2n) is 17.5. The summed E-state index contributed by atoms with van der Waals surface area (Å²) in [6.07, 6.45) is 9.91. The highest BCUT2D eigenvalue weighted by molar-refractivity contribution is 5.68. The molecule has 12 heteroatoms. The Morgan fingerprint density at radius 1 is 0.654 bits per heavy atom. The molecule has 0 bridgehead atoms. The van der Waals surface area contributed by atoms with Gasteiger partial charge in [0.05, 0.1) is 37.3 Å². The number of ether oxygens (including phenoxy) is 8. The van der Waals surface area contributed by atoms with E-state index in [1.165, 1.54) is 11.1 Å². The molecule has 0 aromatic rings. The summed E-state index contributed by atoms with van der Waals surface area (Å²) in [5, 5.41) is 6.19. The van der Waals surface area contributed by atoms with Crippen LogP contribution in [0, 0.1) is 11.8 Å². The number of amides is 2. The predicted molar refractivity (Wildman–Crippen MR) is 192 cm³/mol. The number of alkyl carbamates (subject to hydrolysis) is 2. The van der Waals surface area contributed by atoms with Gasteiger partial charge in [0.2, 0.25) is 0 Å². The number of carbonyl (C=O) groups is 2. The predicted octanol–water partition coefficient (Wildman–Crippen LogP) is 5.90. The van der Waals surface area contributed by atoms with Gasteiger partial charge in [-0.25, -0.2) is 9.59 Å². The second kappa shape index (κ2) is 14.5. The van der Waals surface area contributed by atoms with Crippen LogP contribution in [0.3, 0.4) is 0 Å². The van der Waals surface area contributed by atoms with Crippen LogP contribution in [0.15, 0.2) is 23.3 Å². The molecule has 292 valence electrons.